The van der Waals surface area contributed by atoms with Crippen molar-refractivity contribution in [1.82, 2.24) is 0 Å². The fourth-order valence-corrected chi connectivity index (χ4v) is 2.27. The molecule has 1 rings (SSSR count). The van der Waals surface area contributed by atoms with Crippen LogP contribution < -0.4 is 0 Å². The molecule has 0 saturated heterocycles. The SMILES string of the molecule is CCCc1ccccc1C(C)C(Br)C(C)=O. The highest BCUT2D eigenvalue weighted by Crippen LogP contribution is 2.28. The van der Waals surface area contributed by atoms with Crippen molar-refractivity contribution in [3.8, 4) is 0 Å². The van der Waals surface area contributed by atoms with E-state index in [0.717, 1.165) is 12.8 Å². The zero-order valence-corrected chi connectivity index (χ0v) is 11.8. The Balaban J connectivity index is 2.97. The van der Waals surface area contributed by atoms with Gasteiger partial charge in [0, 0.05) is 5.92 Å². The second kappa shape index (κ2) is 6.19. The molecule has 1 nitrogen and oxygen atoms in total. The molecule has 0 aliphatic carbocycles. The van der Waals surface area contributed by atoms with Crippen LogP contribution in [0.3, 0.4) is 0 Å². The number of ketones is 1. The lowest BCUT2D eigenvalue weighted by Crippen LogP contribution is -2.18. The number of hydrogen-bond acceptors (Lipinski definition) is 1. The van der Waals surface area contributed by atoms with Crippen molar-refractivity contribution >= 4 is 21.7 Å². The van der Waals surface area contributed by atoms with Crippen LogP contribution in [0.4, 0.5) is 0 Å². The number of benzene rings is 1. The highest BCUT2D eigenvalue weighted by molar-refractivity contribution is 9.10. The number of hydrogen-bond donors (Lipinski definition) is 0. The highest BCUT2D eigenvalue weighted by atomic mass is 79.9. The van der Waals surface area contributed by atoms with Crippen molar-refractivity contribution in [2.75, 3.05) is 0 Å². The molecular weight excluding hydrogens is 264 g/mol. The Labute approximate surface area is 106 Å². The van der Waals surface area contributed by atoms with Gasteiger partial charge in [0.15, 0.2) is 0 Å². The van der Waals surface area contributed by atoms with E-state index in [1.807, 2.05) is 6.07 Å². The maximum atomic E-state index is 11.4. The van der Waals surface area contributed by atoms with Gasteiger partial charge in [0.25, 0.3) is 0 Å². The second-order valence-electron chi connectivity index (χ2n) is 4.25. The Hall–Kier alpha value is -0.630. The molecule has 0 fully saturated rings. The van der Waals surface area contributed by atoms with E-state index in [9.17, 15) is 4.79 Å². The summed E-state index contributed by atoms with van der Waals surface area (Å²) in [7, 11) is 0. The molecule has 0 spiro atoms. The van der Waals surface area contributed by atoms with E-state index < -0.39 is 0 Å². The van der Waals surface area contributed by atoms with E-state index in [2.05, 4.69) is 48.0 Å². The van der Waals surface area contributed by atoms with E-state index in [-0.39, 0.29) is 16.5 Å². The summed E-state index contributed by atoms with van der Waals surface area (Å²) in [5.41, 5.74) is 2.66. The average Bonchev–Trinajstić information content (AvgIpc) is 2.28. The molecule has 88 valence electrons. The quantitative estimate of drug-likeness (QED) is 0.744. The van der Waals surface area contributed by atoms with Crippen LogP contribution in [0.15, 0.2) is 24.3 Å². The molecule has 16 heavy (non-hydrogen) atoms. The summed E-state index contributed by atoms with van der Waals surface area (Å²) in [6.45, 7) is 5.92. The Morgan fingerprint density at radius 3 is 2.56 bits per heavy atom. The van der Waals surface area contributed by atoms with E-state index in [4.69, 9.17) is 0 Å². The van der Waals surface area contributed by atoms with Gasteiger partial charge in [0.2, 0.25) is 0 Å². The normalized spacial score (nSPS) is 14.5. The van der Waals surface area contributed by atoms with Gasteiger partial charge in [-0.2, -0.15) is 0 Å². The number of rotatable bonds is 5. The zero-order valence-electron chi connectivity index (χ0n) is 10.2. The first-order chi connectivity index (χ1) is 7.57. The summed E-state index contributed by atoms with van der Waals surface area (Å²) < 4.78 is 0. The van der Waals surface area contributed by atoms with Crippen LogP contribution in [0, 0.1) is 0 Å². The van der Waals surface area contributed by atoms with Crippen LogP contribution in [0.1, 0.15) is 44.2 Å². The van der Waals surface area contributed by atoms with Gasteiger partial charge < -0.3 is 0 Å². The molecular formula is C14H19BrO. The van der Waals surface area contributed by atoms with Crippen LogP contribution in [0.25, 0.3) is 0 Å². The Morgan fingerprint density at radius 2 is 2.00 bits per heavy atom. The van der Waals surface area contributed by atoms with Gasteiger partial charge in [-0.15, -0.1) is 0 Å². The van der Waals surface area contributed by atoms with Crippen LogP contribution in [-0.4, -0.2) is 10.6 Å². The molecule has 0 aliphatic heterocycles. The summed E-state index contributed by atoms with van der Waals surface area (Å²) in [4.78, 5) is 11.3. The predicted molar refractivity (Wildman–Crippen MR) is 72.2 cm³/mol. The monoisotopic (exact) mass is 282 g/mol. The summed E-state index contributed by atoms with van der Waals surface area (Å²) in [6, 6.07) is 8.41. The number of carbonyl (C=O) groups excluding carboxylic acids is 1. The number of carbonyl (C=O) groups is 1. The van der Waals surface area contributed by atoms with Gasteiger partial charge >= 0.3 is 0 Å². The van der Waals surface area contributed by atoms with Crippen molar-refractivity contribution in [3.63, 3.8) is 0 Å². The average molecular weight is 283 g/mol. The van der Waals surface area contributed by atoms with Gasteiger partial charge in [-0.05, 0) is 24.5 Å². The lowest BCUT2D eigenvalue weighted by molar-refractivity contribution is -0.116. The van der Waals surface area contributed by atoms with E-state index in [1.54, 1.807) is 6.92 Å². The third kappa shape index (κ3) is 3.18. The first-order valence-electron chi connectivity index (χ1n) is 5.80. The molecule has 0 aliphatic rings. The van der Waals surface area contributed by atoms with Crippen LogP contribution in [-0.2, 0) is 11.2 Å². The van der Waals surface area contributed by atoms with E-state index >= 15 is 0 Å². The van der Waals surface area contributed by atoms with Gasteiger partial charge in [-0.3, -0.25) is 4.79 Å². The molecule has 0 aromatic heterocycles. The van der Waals surface area contributed by atoms with E-state index in [1.165, 1.54) is 11.1 Å². The van der Waals surface area contributed by atoms with Crippen LogP contribution in [0.2, 0.25) is 0 Å². The molecule has 2 unspecified atom stereocenters. The number of alkyl halides is 1. The van der Waals surface area contributed by atoms with E-state index in [0.29, 0.717) is 0 Å². The number of aryl methyl sites for hydroxylation is 1. The number of Topliss-reactive ketones (excluding diaryl/α,β-unsaturated/α-hetero) is 1. The topological polar surface area (TPSA) is 17.1 Å². The minimum Gasteiger partial charge on any atom is -0.299 e. The predicted octanol–water partition coefficient (Wildman–Crippen LogP) is 4.10. The fourth-order valence-electron chi connectivity index (χ4n) is 1.99. The first kappa shape index (κ1) is 13.4. The molecule has 0 radical (unpaired) electrons. The molecule has 0 N–H and O–H groups in total. The van der Waals surface area contributed by atoms with Crippen LogP contribution >= 0.6 is 15.9 Å². The molecule has 2 atom stereocenters. The Kier molecular flexibility index (Phi) is 5.20. The smallest absolute Gasteiger partial charge is 0.144 e. The number of halogens is 1. The van der Waals surface area contributed by atoms with Crippen molar-refractivity contribution < 1.29 is 4.79 Å². The second-order valence-corrected chi connectivity index (χ2v) is 5.24. The third-order valence-electron chi connectivity index (χ3n) is 2.89. The van der Waals surface area contributed by atoms with Gasteiger partial charge in [-0.25, -0.2) is 0 Å². The summed E-state index contributed by atoms with van der Waals surface area (Å²) in [6.07, 6.45) is 2.22. The Morgan fingerprint density at radius 1 is 1.38 bits per heavy atom. The minimum absolute atomic E-state index is 0.0782. The summed E-state index contributed by atoms with van der Waals surface area (Å²) in [5, 5.41) is 0. The fraction of sp³-hybridized carbons (Fsp3) is 0.500. The van der Waals surface area contributed by atoms with Crippen molar-refractivity contribution in [3.05, 3.63) is 35.4 Å². The maximum Gasteiger partial charge on any atom is 0.144 e. The lowest BCUT2D eigenvalue weighted by atomic mass is 9.90. The van der Waals surface area contributed by atoms with Crippen molar-refractivity contribution in [2.45, 2.75) is 44.4 Å². The lowest BCUT2D eigenvalue weighted by Gasteiger charge is -2.19. The van der Waals surface area contributed by atoms with Gasteiger partial charge in [-0.1, -0.05) is 60.5 Å². The van der Waals surface area contributed by atoms with Crippen molar-refractivity contribution in [1.29, 1.82) is 0 Å². The van der Waals surface area contributed by atoms with Gasteiger partial charge in [0.05, 0.1) is 4.83 Å². The molecule has 0 amide bonds. The highest BCUT2D eigenvalue weighted by Gasteiger charge is 2.21. The van der Waals surface area contributed by atoms with Crippen LogP contribution in [0.5, 0.6) is 0 Å². The standard InChI is InChI=1S/C14H19BrO/c1-4-7-12-8-5-6-9-13(12)10(2)14(15)11(3)16/h5-6,8-10,14H,4,7H2,1-3H3. The molecule has 2 heteroatoms. The summed E-state index contributed by atoms with van der Waals surface area (Å²) in [5.74, 6) is 0.430. The third-order valence-corrected chi connectivity index (χ3v) is 4.33. The van der Waals surface area contributed by atoms with Gasteiger partial charge in [0.1, 0.15) is 5.78 Å². The minimum atomic E-state index is -0.0782. The molecule has 0 saturated carbocycles. The first-order valence-corrected chi connectivity index (χ1v) is 6.71. The summed E-state index contributed by atoms with van der Waals surface area (Å²) >= 11 is 3.48. The maximum absolute atomic E-state index is 11.4. The molecule has 0 bridgehead atoms. The molecule has 0 heterocycles. The zero-order chi connectivity index (χ0) is 12.1. The Bertz CT molecular complexity index is 360. The van der Waals surface area contributed by atoms with Crippen molar-refractivity contribution in [2.24, 2.45) is 0 Å². The molecule has 1 aromatic rings. The molecule has 1 aromatic carbocycles. The largest absolute Gasteiger partial charge is 0.299 e.